The minimum atomic E-state index is -0.310. The molecular weight excluding hydrogens is 207 g/mol. The van der Waals surface area contributed by atoms with Crippen molar-refractivity contribution in [2.24, 2.45) is 0 Å². The first-order valence-corrected chi connectivity index (χ1v) is 5.58. The fourth-order valence-corrected chi connectivity index (χ4v) is 2.59. The largest absolute Gasteiger partial charge is 0.494 e. The molecule has 88 valence electrons. The minimum absolute atomic E-state index is 0.266. The van der Waals surface area contributed by atoms with Gasteiger partial charge < -0.3 is 9.84 Å². The third-order valence-corrected chi connectivity index (χ3v) is 3.55. The van der Waals surface area contributed by atoms with Crippen LogP contribution in [0.2, 0.25) is 0 Å². The van der Waals surface area contributed by atoms with Gasteiger partial charge in [-0.3, -0.25) is 0 Å². The molecule has 0 spiro atoms. The highest BCUT2D eigenvalue weighted by molar-refractivity contribution is 5.36. The number of hydrogen-bond acceptors (Lipinski definition) is 2. The summed E-state index contributed by atoms with van der Waals surface area (Å²) >= 11 is 0. The van der Waals surface area contributed by atoms with Crippen molar-refractivity contribution in [1.82, 2.24) is 0 Å². The molecule has 2 atom stereocenters. The van der Waals surface area contributed by atoms with Crippen molar-refractivity contribution >= 4 is 0 Å². The maximum absolute atomic E-state index is 14.1. The highest BCUT2D eigenvalue weighted by atomic mass is 19.1. The summed E-state index contributed by atoms with van der Waals surface area (Å²) in [5, 5.41) is 9.59. The molecule has 2 nitrogen and oxygen atoms in total. The van der Waals surface area contributed by atoms with Crippen LogP contribution in [0.5, 0.6) is 5.75 Å². The van der Waals surface area contributed by atoms with Crippen LogP contribution in [0.25, 0.3) is 0 Å². The van der Waals surface area contributed by atoms with E-state index in [1.807, 2.05) is 6.92 Å². The van der Waals surface area contributed by atoms with E-state index in [0.29, 0.717) is 12.0 Å². The molecule has 1 fully saturated rings. The number of aliphatic hydroxyl groups is 1. The predicted octanol–water partition coefficient (Wildman–Crippen LogP) is 2.64. The lowest BCUT2D eigenvalue weighted by molar-refractivity contribution is 0.174. The number of methoxy groups -OCH3 is 1. The first-order chi connectivity index (χ1) is 7.57. The van der Waals surface area contributed by atoms with Gasteiger partial charge in [0.15, 0.2) is 11.6 Å². The normalized spacial score (nSPS) is 29.4. The summed E-state index contributed by atoms with van der Waals surface area (Å²) in [5.41, 5.74) is 0.390. The second-order valence-electron chi connectivity index (χ2n) is 4.78. The van der Waals surface area contributed by atoms with Gasteiger partial charge in [0.05, 0.1) is 13.2 Å². The quantitative estimate of drug-likeness (QED) is 0.836. The van der Waals surface area contributed by atoms with Gasteiger partial charge in [-0.2, -0.15) is 0 Å². The second kappa shape index (κ2) is 4.06. The lowest BCUT2D eigenvalue weighted by atomic mass is 9.80. The van der Waals surface area contributed by atoms with Gasteiger partial charge in [-0.05, 0) is 36.3 Å². The predicted molar refractivity (Wildman–Crippen MR) is 60.2 cm³/mol. The Morgan fingerprint density at radius 2 is 2.25 bits per heavy atom. The minimum Gasteiger partial charge on any atom is -0.494 e. The molecule has 0 saturated heterocycles. The first kappa shape index (κ1) is 11.4. The van der Waals surface area contributed by atoms with E-state index in [1.54, 1.807) is 18.2 Å². The second-order valence-corrected chi connectivity index (χ2v) is 4.78. The van der Waals surface area contributed by atoms with Crippen LogP contribution in [0.15, 0.2) is 18.2 Å². The number of hydrogen-bond donors (Lipinski definition) is 1. The Hall–Kier alpha value is -1.09. The molecular formula is C13H17FO2. The van der Waals surface area contributed by atoms with Crippen molar-refractivity contribution in [2.45, 2.75) is 37.7 Å². The van der Waals surface area contributed by atoms with Crippen molar-refractivity contribution in [3.05, 3.63) is 29.6 Å². The highest BCUT2D eigenvalue weighted by Crippen LogP contribution is 2.43. The van der Waals surface area contributed by atoms with E-state index < -0.39 is 0 Å². The molecule has 1 aromatic carbocycles. The summed E-state index contributed by atoms with van der Waals surface area (Å²) in [7, 11) is 1.47. The summed E-state index contributed by atoms with van der Waals surface area (Å²) in [6.45, 7) is 2.00. The molecule has 3 heteroatoms. The Kier molecular flexibility index (Phi) is 2.89. The van der Waals surface area contributed by atoms with E-state index in [9.17, 15) is 9.50 Å². The van der Waals surface area contributed by atoms with Crippen molar-refractivity contribution in [3.63, 3.8) is 0 Å². The van der Waals surface area contributed by atoms with Crippen LogP contribution in [0, 0.1) is 5.82 Å². The number of ether oxygens (including phenoxy) is 1. The van der Waals surface area contributed by atoms with Crippen LogP contribution < -0.4 is 4.74 Å². The van der Waals surface area contributed by atoms with Gasteiger partial charge in [-0.25, -0.2) is 4.39 Å². The molecule has 1 N–H and O–H groups in total. The van der Waals surface area contributed by atoms with Gasteiger partial charge in [0.1, 0.15) is 0 Å². The monoisotopic (exact) mass is 224 g/mol. The Balaban J connectivity index is 2.40. The summed E-state index contributed by atoms with van der Waals surface area (Å²) in [5.74, 6) is -0.0123. The number of benzene rings is 1. The maximum Gasteiger partial charge on any atom is 0.168 e. The average Bonchev–Trinajstić information content (AvgIpc) is 2.60. The lowest BCUT2D eigenvalue weighted by Gasteiger charge is -2.25. The number of rotatable bonds is 2. The van der Waals surface area contributed by atoms with E-state index >= 15 is 0 Å². The van der Waals surface area contributed by atoms with Crippen molar-refractivity contribution < 1.29 is 14.2 Å². The Morgan fingerprint density at radius 1 is 1.50 bits per heavy atom. The highest BCUT2D eigenvalue weighted by Gasteiger charge is 2.38. The molecule has 1 aliphatic carbocycles. The number of aliphatic hydroxyl groups excluding tert-OH is 1. The van der Waals surface area contributed by atoms with Crippen LogP contribution in [0.1, 0.15) is 31.7 Å². The van der Waals surface area contributed by atoms with Crippen LogP contribution in [0.4, 0.5) is 4.39 Å². The van der Waals surface area contributed by atoms with Gasteiger partial charge in [-0.15, -0.1) is 0 Å². The zero-order valence-corrected chi connectivity index (χ0v) is 9.66. The molecule has 0 aromatic heterocycles. The number of halogens is 1. The smallest absolute Gasteiger partial charge is 0.168 e. The van der Waals surface area contributed by atoms with Gasteiger partial charge in [0.2, 0.25) is 0 Å². The van der Waals surface area contributed by atoms with E-state index in [1.165, 1.54) is 7.11 Å². The molecule has 2 unspecified atom stereocenters. The fourth-order valence-electron chi connectivity index (χ4n) is 2.59. The zero-order valence-electron chi connectivity index (χ0n) is 9.66. The van der Waals surface area contributed by atoms with Crippen LogP contribution in [-0.2, 0) is 5.41 Å². The van der Waals surface area contributed by atoms with E-state index in [0.717, 1.165) is 12.8 Å². The third kappa shape index (κ3) is 1.80. The SMILES string of the molecule is COc1cccc(C2(C)CCC(O)C2)c1F. The molecule has 0 heterocycles. The average molecular weight is 224 g/mol. The molecule has 16 heavy (non-hydrogen) atoms. The van der Waals surface area contributed by atoms with Gasteiger partial charge in [-0.1, -0.05) is 19.1 Å². The summed E-state index contributed by atoms with van der Waals surface area (Å²) < 4.78 is 19.1. The van der Waals surface area contributed by atoms with Crippen LogP contribution in [-0.4, -0.2) is 18.3 Å². The molecule has 0 bridgehead atoms. The molecule has 0 aliphatic heterocycles. The first-order valence-electron chi connectivity index (χ1n) is 5.58. The topological polar surface area (TPSA) is 29.5 Å². The third-order valence-electron chi connectivity index (χ3n) is 3.55. The Morgan fingerprint density at radius 3 is 2.81 bits per heavy atom. The Labute approximate surface area is 95.1 Å². The molecule has 1 saturated carbocycles. The van der Waals surface area contributed by atoms with Crippen molar-refractivity contribution in [2.75, 3.05) is 7.11 Å². The van der Waals surface area contributed by atoms with Crippen LogP contribution >= 0.6 is 0 Å². The van der Waals surface area contributed by atoms with E-state index in [4.69, 9.17) is 4.74 Å². The molecule has 2 rings (SSSR count). The van der Waals surface area contributed by atoms with Crippen molar-refractivity contribution in [3.8, 4) is 5.75 Å². The summed E-state index contributed by atoms with van der Waals surface area (Å²) in [6, 6.07) is 5.21. The Bertz CT molecular complexity index is 392. The summed E-state index contributed by atoms with van der Waals surface area (Å²) in [4.78, 5) is 0. The molecule has 0 amide bonds. The van der Waals surface area contributed by atoms with E-state index in [-0.39, 0.29) is 23.1 Å². The maximum atomic E-state index is 14.1. The molecule has 0 radical (unpaired) electrons. The molecule has 1 aliphatic rings. The summed E-state index contributed by atoms with van der Waals surface area (Å²) in [6.07, 6.45) is 1.87. The van der Waals surface area contributed by atoms with Gasteiger partial charge >= 0.3 is 0 Å². The lowest BCUT2D eigenvalue weighted by Crippen LogP contribution is -2.20. The van der Waals surface area contributed by atoms with E-state index in [2.05, 4.69) is 0 Å². The standard InChI is InChI=1S/C13H17FO2/c1-13(7-6-9(15)8-13)10-4-3-5-11(16-2)12(10)14/h3-5,9,15H,6-8H2,1-2H3. The zero-order chi connectivity index (χ0) is 11.8. The van der Waals surface area contributed by atoms with Gasteiger partial charge in [0, 0.05) is 0 Å². The molecule has 1 aromatic rings. The fraction of sp³-hybridized carbons (Fsp3) is 0.538. The van der Waals surface area contributed by atoms with Crippen LogP contribution in [0.3, 0.4) is 0 Å². The van der Waals surface area contributed by atoms with Gasteiger partial charge in [0.25, 0.3) is 0 Å². The van der Waals surface area contributed by atoms with Crippen molar-refractivity contribution in [1.29, 1.82) is 0 Å².